The van der Waals surface area contributed by atoms with Gasteiger partial charge in [-0.1, -0.05) is 84.5 Å². The monoisotopic (exact) mass is 299 g/mol. The highest BCUT2D eigenvalue weighted by molar-refractivity contribution is 4.53. The summed E-state index contributed by atoms with van der Waals surface area (Å²) in [6.07, 6.45) is 15.8. The van der Waals surface area contributed by atoms with E-state index >= 15 is 0 Å². The van der Waals surface area contributed by atoms with Gasteiger partial charge in [0.1, 0.15) is 0 Å². The lowest BCUT2D eigenvalue weighted by Crippen LogP contribution is -2.11. The summed E-state index contributed by atoms with van der Waals surface area (Å²) in [5.41, 5.74) is 0. The van der Waals surface area contributed by atoms with Crippen molar-refractivity contribution in [3.63, 3.8) is 0 Å². The molecule has 0 saturated carbocycles. The highest BCUT2D eigenvalue weighted by atomic mass is 16.5. The van der Waals surface area contributed by atoms with E-state index in [-0.39, 0.29) is 0 Å². The summed E-state index contributed by atoms with van der Waals surface area (Å²) < 4.78 is 5.29. The first-order valence-electron chi connectivity index (χ1n) is 9.21. The molecule has 21 heavy (non-hydrogen) atoms. The van der Waals surface area contributed by atoms with Gasteiger partial charge in [-0.2, -0.15) is 0 Å². The zero-order valence-electron chi connectivity index (χ0n) is 14.6. The molecule has 0 fully saturated rings. The van der Waals surface area contributed by atoms with E-state index in [1.165, 1.54) is 70.6 Å². The van der Waals surface area contributed by atoms with E-state index in [4.69, 9.17) is 9.84 Å². The highest BCUT2D eigenvalue weighted by Crippen LogP contribution is 2.13. The maximum atomic E-state index is 8.93. The molecule has 2 nitrogen and oxygen atoms in total. The molecule has 1 unspecified atom stereocenters. The summed E-state index contributed by atoms with van der Waals surface area (Å²) in [7, 11) is 0. The van der Waals surface area contributed by atoms with Crippen molar-refractivity contribution in [3.05, 3.63) is 6.92 Å². The first-order chi connectivity index (χ1) is 10.1. The van der Waals surface area contributed by atoms with E-state index in [0.29, 0.717) is 6.61 Å². The molecule has 1 radical (unpaired) electrons. The molecule has 0 aliphatic carbocycles. The second-order valence-electron chi connectivity index (χ2n) is 6.80. The molecule has 0 aliphatic rings. The Morgan fingerprint density at radius 1 is 0.762 bits per heavy atom. The predicted octanol–water partition coefficient (Wildman–Crippen LogP) is 5.54. The van der Waals surface area contributed by atoms with E-state index in [1.54, 1.807) is 0 Å². The van der Waals surface area contributed by atoms with Crippen LogP contribution >= 0.6 is 0 Å². The van der Waals surface area contributed by atoms with E-state index in [1.807, 2.05) is 0 Å². The molecule has 0 spiro atoms. The number of ether oxygens (including phenoxy) is 1. The Morgan fingerprint density at radius 3 is 1.62 bits per heavy atom. The summed E-state index contributed by atoms with van der Waals surface area (Å²) in [5, 5.41) is 8.93. The van der Waals surface area contributed by atoms with E-state index in [2.05, 4.69) is 20.8 Å². The van der Waals surface area contributed by atoms with Gasteiger partial charge in [-0.3, -0.25) is 0 Å². The van der Waals surface area contributed by atoms with Crippen LogP contribution in [0.4, 0.5) is 0 Å². The van der Waals surface area contributed by atoms with Gasteiger partial charge >= 0.3 is 0 Å². The van der Waals surface area contributed by atoms with Crippen molar-refractivity contribution in [2.24, 2.45) is 5.92 Å². The zero-order chi connectivity index (χ0) is 15.8. The first kappa shape index (κ1) is 20.9. The number of rotatable bonds is 16. The van der Waals surface area contributed by atoms with Gasteiger partial charge in [0.15, 0.2) is 0 Å². The molecule has 0 aliphatic heterocycles. The Kier molecular flexibility index (Phi) is 16.2. The number of aliphatic hydroxyl groups excluding tert-OH is 1. The third-order valence-electron chi connectivity index (χ3n) is 3.88. The van der Waals surface area contributed by atoms with E-state index in [0.717, 1.165) is 18.9 Å². The molecule has 1 N–H and O–H groups in total. The zero-order valence-corrected chi connectivity index (χ0v) is 14.6. The first-order valence-corrected chi connectivity index (χ1v) is 9.21. The third-order valence-corrected chi connectivity index (χ3v) is 3.88. The normalized spacial score (nSPS) is 13.0. The van der Waals surface area contributed by atoms with Crippen LogP contribution in [0.1, 0.15) is 90.9 Å². The molecule has 0 aromatic carbocycles. The van der Waals surface area contributed by atoms with Gasteiger partial charge in [-0.25, -0.2) is 0 Å². The Labute approximate surface area is 133 Å². The topological polar surface area (TPSA) is 29.5 Å². The molecular formula is C19H39O2. The van der Waals surface area contributed by atoms with Gasteiger partial charge in [0.05, 0.1) is 12.7 Å². The van der Waals surface area contributed by atoms with Crippen LogP contribution in [0.25, 0.3) is 0 Å². The van der Waals surface area contributed by atoms with Crippen molar-refractivity contribution < 1.29 is 9.84 Å². The molecule has 2 heteroatoms. The summed E-state index contributed by atoms with van der Waals surface area (Å²) >= 11 is 0. The minimum absolute atomic E-state index is 0.372. The minimum atomic E-state index is -0.574. The van der Waals surface area contributed by atoms with Crippen molar-refractivity contribution in [2.75, 3.05) is 13.2 Å². The second kappa shape index (κ2) is 16.3. The van der Waals surface area contributed by atoms with Crippen LogP contribution in [0.3, 0.4) is 0 Å². The smallest absolute Gasteiger partial charge is 0.0774 e. The lowest BCUT2D eigenvalue weighted by atomic mass is 10.0. The van der Waals surface area contributed by atoms with Crippen LogP contribution in [0, 0.1) is 12.8 Å². The summed E-state index contributed by atoms with van der Waals surface area (Å²) in [6, 6.07) is 0. The van der Waals surface area contributed by atoms with Gasteiger partial charge in [-0.15, -0.1) is 0 Å². The van der Waals surface area contributed by atoms with Gasteiger partial charge in [0.2, 0.25) is 0 Å². The maximum Gasteiger partial charge on any atom is 0.0774 e. The fourth-order valence-corrected chi connectivity index (χ4v) is 2.57. The average molecular weight is 300 g/mol. The van der Waals surface area contributed by atoms with Crippen LogP contribution < -0.4 is 0 Å². The van der Waals surface area contributed by atoms with E-state index in [9.17, 15) is 0 Å². The molecule has 0 aromatic heterocycles. The summed E-state index contributed by atoms with van der Waals surface area (Å²) in [4.78, 5) is 0. The molecule has 0 rings (SSSR count). The minimum Gasteiger partial charge on any atom is -0.391 e. The molecule has 0 amide bonds. The largest absolute Gasteiger partial charge is 0.391 e. The maximum absolute atomic E-state index is 8.93. The second-order valence-corrected chi connectivity index (χ2v) is 6.80. The number of unbranched alkanes of at least 4 members (excludes halogenated alkanes) is 10. The fraction of sp³-hybridized carbons (Fsp3) is 0.947. The molecule has 0 saturated heterocycles. The van der Waals surface area contributed by atoms with Crippen LogP contribution in [0.2, 0.25) is 0 Å². The van der Waals surface area contributed by atoms with Crippen molar-refractivity contribution in [1.29, 1.82) is 0 Å². The Balaban J connectivity index is 2.96. The lowest BCUT2D eigenvalue weighted by molar-refractivity contribution is 0.0564. The van der Waals surface area contributed by atoms with Gasteiger partial charge in [0.25, 0.3) is 0 Å². The average Bonchev–Trinajstić information content (AvgIpc) is 2.42. The molecule has 0 heterocycles. The van der Waals surface area contributed by atoms with Gasteiger partial charge < -0.3 is 9.84 Å². The SMILES string of the molecule is [CH2]C(O)COCCCCCCCCCCCCCC(C)C. The summed E-state index contributed by atoms with van der Waals surface area (Å²) in [6.45, 7) is 9.25. The van der Waals surface area contributed by atoms with E-state index < -0.39 is 6.10 Å². The van der Waals surface area contributed by atoms with Crippen LogP contribution in [-0.4, -0.2) is 24.4 Å². The molecule has 127 valence electrons. The number of aliphatic hydroxyl groups is 1. The van der Waals surface area contributed by atoms with Crippen LogP contribution in [-0.2, 0) is 4.74 Å². The van der Waals surface area contributed by atoms with Gasteiger partial charge in [-0.05, 0) is 19.3 Å². The summed E-state index contributed by atoms with van der Waals surface area (Å²) in [5.74, 6) is 0.874. The Hall–Kier alpha value is -0.0800. The van der Waals surface area contributed by atoms with Gasteiger partial charge in [0, 0.05) is 6.61 Å². The standard InChI is InChI=1S/C19H39O2/c1-18(2)15-13-11-9-7-5-4-6-8-10-12-14-16-21-17-19(3)20/h18-20H,3-17H2,1-2H3. The highest BCUT2D eigenvalue weighted by Gasteiger charge is 1.97. The van der Waals surface area contributed by atoms with Crippen molar-refractivity contribution in [3.8, 4) is 0 Å². The quantitative estimate of drug-likeness (QED) is 0.379. The molecule has 0 aromatic rings. The van der Waals surface area contributed by atoms with Crippen molar-refractivity contribution >= 4 is 0 Å². The van der Waals surface area contributed by atoms with Crippen LogP contribution in [0.15, 0.2) is 0 Å². The predicted molar refractivity (Wildman–Crippen MR) is 92.4 cm³/mol. The molecular weight excluding hydrogens is 260 g/mol. The molecule has 1 atom stereocenters. The molecule has 0 bridgehead atoms. The fourth-order valence-electron chi connectivity index (χ4n) is 2.57. The lowest BCUT2D eigenvalue weighted by Gasteiger charge is -2.06. The number of hydrogen-bond acceptors (Lipinski definition) is 2. The Bertz CT molecular complexity index is 170. The van der Waals surface area contributed by atoms with Crippen molar-refractivity contribution in [1.82, 2.24) is 0 Å². The van der Waals surface area contributed by atoms with Crippen molar-refractivity contribution in [2.45, 2.75) is 97.0 Å². The Morgan fingerprint density at radius 2 is 1.19 bits per heavy atom. The van der Waals surface area contributed by atoms with Crippen LogP contribution in [0.5, 0.6) is 0 Å². The third kappa shape index (κ3) is 19.9. The number of hydrogen-bond donors (Lipinski definition) is 1.